The molecule has 0 atom stereocenters. The van der Waals surface area contributed by atoms with Crippen LogP contribution in [0.5, 0.6) is 11.5 Å². The van der Waals surface area contributed by atoms with E-state index in [2.05, 4.69) is 13.2 Å². The van der Waals surface area contributed by atoms with Gasteiger partial charge in [0.05, 0.1) is 0 Å². The fourth-order valence-corrected chi connectivity index (χ4v) is 3.07. The van der Waals surface area contributed by atoms with E-state index >= 15 is 0 Å². The van der Waals surface area contributed by atoms with Gasteiger partial charge in [-0.3, -0.25) is 9.59 Å². The van der Waals surface area contributed by atoms with E-state index in [-0.39, 0.29) is 24.6 Å². The van der Waals surface area contributed by atoms with Crippen molar-refractivity contribution < 1.29 is 23.9 Å². The Balaban J connectivity index is 1.54. The fourth-order valence-electron chi connectivity index (χ4n) is 3.07. The summed E-state index contributed by atoms with van der Waals surface area (Å²) in [5.74, 6) is 0.324. The number of carbonyl (C=O) groups excluding carboxylic acids is 3. The topological polar surface area (TPSA) is 69.7 Å². The summed E-state index contributed by atoms with van der Waals surface area (Å²) in [5.41, 5.74) is 4.14. The summed E-state index contributed by atoms with van der Waals surface area (Å²) in [6.45, 7) is 8.70. The van der Waals surface area contributed by atoms with Gasteiger partial charge in [-0.15, -0.1) is 0 Å². The molecular weight excluding hydrogens is 440 g/mol. The molecule has 3 aromatic carbocycles. The number of hydrogen-bond acceptors (Lipinski definition) is 5. The van der Waals surface area contributed by atoms with Gasteiger partial charge in [-0.05, 0) is 71.2 Å². The second-order valence-corrected chi connectivity index (χ2v) is 7.88. The Morgan fingerprint density at radius 2 is 1.40 bits per heavy atom. The standard InChI is InChI=1S/C30H26O5/c1-4-26(31)19-23-7-14-28(15-8-23)35-30(33)18-9-22-5-10-24(11-6-22)25-12-16-27(17-13-25)34-20-29(32)21(2)3/h4-18H,1-2,19-20H2,3H3/b18-9+. The average molecular weight is 467 g/mol. The molecule has 0 spiro atoms. The van der Waals surface area contributed by atoms with Gasteiger partial charge in [-0.2, -0.15) is 0 Å². The van der Waals surface area contributed by atoms with Gasteiger partial charge in [0, 0.05) is 12.5 Å². The molecule has 0 radical (unpaired) electrons. The monoisotopic (exact) mass is 466 g/mol. The van der Waals surface area contributed by atoms with Gasteiger partial charge in [0.25, 0.3) is 0 Å². The van der Waals surface area contributed by atoms with Crippen LogP contribution >= 0.6 is 0 Å². The molecule has 0 amide bonds. The second kappa shape index (κ2) is 12.1. The third kappa shape index (κ3) is 7.79. The third-order valence-electron chi connectivity index (χ3n) is 5.10. The van der Waals surface area contributed by atoms with E-state index in [0.29, 0.717) is 17.1 Å². The Morgan fingerprint density at radius 1 is 0.829 bits per heavy atom. The zero-order valence-electron chi connectivity index (χ0n) is 19.5. The Labute approximate surface area is 205 Å². The Kier molecular flexibility index (Phi) is 8.68. The predicted molar refractivity (Wildman–Crippen MR) is 137 cm³/mol. The molecule has 0 saturated carbocycles. The van der Waals surface area contributed by atoms with Crippen LogP contribution in [0, 0.1) is 0 Å². The van der Waals surface area contributed by atoms with E-state index in [9.17, 15) is 14.4 Å². The van der Waals surface area contributed by atoms with Crippen molar-refractivity contribution >= 4 is 23.6 Å². The Hall–Kier alpha value is -4.51. The normalized spacial score (nSPS) is 10.5. The number of Topliss-reactive ketones (excluding diaryl/α,β-unsaturated/α-hetero) is 1. The van der Waals surface area contributed by atoms with Crippen molar-refractivity contribution in [2.75, 3.05) is 6.61 Å². The van der Waals surface area contributed by atoms with Crippen LogP contribution in [0.2, 0.25) is 0 Å². The van der Waals surface area contributed by atoms with E-state index in [4.69, 9.17) is 9.47 Å². The number of esters is 1. The molecule has 0 bridgehead atoms. The van der Waals surface area contributed by atoms with Gasteiger partial charge in [-0.1, -0.05) is 61.7 Å². The molecular formula is C30H26O5. The molecule has 5 nitrogen and oxygen atoms in total. The first-order valence-corrected chi connectivity index (χ1v) is 11.0. The van der Waals surface area contributed by atoms with Crippen LogP contribution in [0.25, 0.3) is 17.2 Å². The van der Waals surface area contributed by atoms with Gasteiger partial charge in [0.15, 0.2) is 18.2 Å². The lowest BCUT2D eigenvalue weighted by molar-refractivity contribution is -0.129. The van der Waals surface area contributed by atoms with Crippen molar-refractivity contribution in [1.29, 1.82) is 0 Å². The number of carbonyl (C=O) groups is 3. The zero-order valence-corrected chi connectivity index (χ0v) is 19.5. The van der Waals surface area contributed by atoms with Crippen LogP contribution in [0.15, 0.2) is 104 Å². The Morgan fingerprint density at radius 3 is 1.97 bits per heavy atom. The highest BCUT2D eigenvalue weighted by Crippen LogP contribution is 2.23. The molecule has 0 aliphatic carbocycles. The van der Waals surface area contributed by atoms with Crippen LogP contribution in [0.4, 0.5) is 0 Å². The van der Waals surface area contributed by atoms with E-state index < -0.39 is 5.97 Å². The van der Waals surface area contributed by atoms with Crippen LogP contribution in [0.3, 0.4) is 0 Å². The summed E-state index contributed by atoms with van der Waals surface area (Å²) in [4.78, 5) is 35.2. The fraction of sp³-hybridized carbons (Fsp3) is 0.100. The lowest BCUT2D eigenvalue weighted by Gasteiger charge is -2.07. The van der Waals surface area contributed by atoms with Crippen LogP contribution < -0.4 is 9.47 Å². The zero-order chi connectivity index (χ0) is 25.2. The van der Waals surface area contributed by atoms with E-state index in [1.54, 1.807) is 37.3 Å². The van der Waals surface area contributed by atoms with Crippen LogP contribution in [0.1, 0.15) is 18.1 Å². The first-order valence-electron chi connectivity index (χ1n) is 11.0. The molecule has 35 heavy (non-hydrogen) atoms. The van der Waals surface area contributed by atoms with Gasteiger partial charge in [0.1, 0.15) is 11.5 Å². The minimum absolute atomic E-state index is 0.0276. The third-order valence-corrected chi connectivity index (χ3v) is 5.10. The maximum Gasteiger partial charge on any atom is 0.336 e. The summed E-state index contributed by atoms with van der Waals surface area (Å²) in [5, 5.41) is 0. The second-order valence-electron chi connectivity index (χ2n) is 7.88. The average Bonchev–Trinajstić information content (AvgIpc) is 2.87. The molecule has 0 N–H and O–H groups in total. The largest absolute Gasteiger partial charge is 0.485 e. The van der Waals surface area contributed by atoms with Crippen molar-refractivity contribution in [2.45, 2.75) is 13.3 Å². The van der Waals surface area contributed by atoms with Crippen LogP contribution in [-0.4, -0.2) is 24.1 Å². The van der Waals surface area contributed by atoms with Gasteiger partial charge in [0.2, 0.25) is 0 Å². The lowest BCUT2D eigenvalue weighted by Crippen LogP contribution is -2.11. The maximum absolute atomic E-state index is 12.1. The molecule has 0 unspecified atom stereocenters. The first-order chi connectivity index (χ1) is 16.8. The van der Waals surface area contributed by atoms with E-state index in [0.717, 1.165) is 22.3 Å². The summed E-state index contributed by atoms with van der Waals surface area (Å²) < 4.78 is 10.8. The summed E-state index contributed by atoms with van der Waals surface area (Å²) in [7, 11) is 0. The number of ketones is 2. The number of hydrogen-bond donors (Lipinski definition) is 0. The molecule has 0 saturated heterocycles. The van der Waals surface area contributed by atoms with E-state index in [1.807, 2.05) is 48.5 Å². The molecule has 0 fully saturated rings. The number of ether oxygens (including phenoxy) is 2. The molecule has 0 aromatic heterocycles. The van der Waals surface area contributed by atoms with Gasteiger partial charge >= 0.3 is 5.97 Å². The number of allylic oxidation sites excluding steroid dienone is 1. The minimum atomic E-state index is -0.496. The molecule has 5 heteroatoms. The predicted octanol–water partition coefficient (Wildman–Crippen LogP) is 5.79. The van der Waals surface area contributed by atoms with Gasteiger partial charge in [-0.25, -0.2) is 4.79 Å². The minimum Gasteiger partial charge on any atom is -0.485 e. The highest BCUT2D eigenvalue weighted by Gasteiger charge is 2.05. The molecule has 0 aliphatic rings. The van der Waals surface area contributed by atoms with Gasteiger partial charge < -0.3 is 9.47 Å². The maximum atomic E-state index is 12.1. The Bertz CT molecular complexity index is 1250. The highest BCUT2D eigenvalue weighted by molar-refractivity contribution is 5.95. The van der Waals surface area contributed by atoms with Crippen LogP contribution in [-0.2, 0) is 20.8 Å². The highest BCUT2D eigenvalue weighted by atomic mass is 16.5. The summed E-state index contributed by atoms with van der Waals surface area (Å²) in [6.07, 6.45) is 4.59. The SMILES string of the molecule is C=CC(=O)Cc1ccc(OC(=O)/C=C/c2ccc(-c3ccc(OCC(=O)C(=C)C)cc3)cc2)cc1. The lowest BCUT2D eigenvalue weighted by atomic mass is 10.0. The van der Waals surface area contributed by atoms with E-state index in [1.165, 1.54) is 12.2 Å². The first kappa shape index (κ1) is 25.1. The number of rotatable bonds is 11. The molecule has 3 rings (SSSR count). The summed E-state index contributed by atoms with van der Waals surface area (Å²) in [6, 6.07) is 22.0. The van der Waals surface area contributed by atoms with Crippen molar-refractivity contribution in [1.82, 2.24) is 0 Å². The van der Waals surface area contributed by atoms with Crippen molar-refractivity contribution in [3.8, 4) is 22.6 Å². The summed E-state index contributed by atoms with van der Waals surface area (Å²) >= 11 is 0. The molecule has 0 heterocycles. The smallest absolute Gasteiger partial charge is 0.336 e. The van der Waals surface area contributed by atoms with Crippen molar-refractivity contribution in [3.63, 3.8) is 0 Å². The van der Waals surface area contributed by atoms with Crippen molar-refractivity contribution in [3.05, 3.63) is 115 Å². The molecule has 3 aromatic rings. The number of benzene rings is 3. The van der Waals surface area contributed by atoms with Crippen molar-refractivity contribution in [2.24, 2.45) is 0 Å². The quantitative estimate of drug-likeness (QED) is 0.203. The molecule has 0 aliphatic heterocycles. The molecule has 176 valence electrons.